The van der Waals surface area contributed by atoms with E-state index in [1.165, 1.54) is 12.1 Å². The van der Waals surface area contributed by atoms with E-state index in [1.54, 1.807) is 0 Å². The van der Waals surface area contributed by atoms with Gasteiger partial charge in [-0.25, -0.2) is 4.39 Å². The summed E-state index contributed by atoms with van der Waals surface area (Å²) in [4.78, 5) is 0. The van der Waals surface area contributed by atoms with Crippen molar-refractivity contribution in [2.24, 2.45) is 0 Å². The molecular weight excluding hydrogens is 287 g/mol. The van der Waals surface area contributed by atoms with E-state index in [2.05, 4.69) is 15.9 Å². The average molecular weight is 297 g/mol. The predicted molar refractivity (Wildman–Crippen MR) is 66.5 cm³/mol. The number of phenolic OH excluding ortho intramolecular Hbond substituents is 1. The molecule has 4 heteroatoms. The minimum absolute atomic E-state index is 0.136. The number of aromatic hydroxyl groups is 1. The van der Waals surface area contributed by atoms with Crippen molar-refractivity contribution < 1.29 is 14.2 Å². The molecule has 0 saturated carbocycles. The zero-order chi connectivity index (χ0) is 12.3. The fourth-order valence-corrected chi connectivity index (χ4v) is 1.70. The molecule has 0 fully saturated rings. The highest BCUT2D eigenvalue weighted by molar-refractivity contribution is 9.10. The Morgan fingerprint density at radius 2 is 1.82 bits per heavy atom. The fraction of sp³-hybridized carbons (Fsp3) is 0.0769. The number of hydrogen-bond acceptors (Lipinski definition) is 2. The van der Waals surface area contributed by atoms with Crippen LogP contribution in [0.25, 0.3) is 0 Å². The molecule has 17 heavy (non-hydrogen) atoms. The highest BCUT2D eigenvalue weighted by Crippen LogP contribution is 2.34. The normalized spacial score (nSPS) is 10.2. The number of phenols is 1. The Morgan fingerprint density at radius 1 is 1.12 bits per heavy atom. The number of halogens is 2. The largest absolute Gasteiger partial charge is 0.504 e. The third-order valence-electron chi connectivity index (χ3n) is 2.26. The van der Waals surface area contributed by atoms with E-state index in [1.807, 2.05) is 30.3 Å². The summed E-state index contributed by atoms with van der Waals surface area (Å²) in [5.74, 6) is -0.939. The molecule has 88 valence electrons. The van der Waals surface area contributed by atoms with Gasteiger partial charge in [-0.1, -0.05) is 30.3 Å². The SMILES string of the molecule is Oc1ccc(Br)c(F)c1OCc1ccccc1. The van der Waals surface area contributed by atoms with Crippen LogP contribution in [0.2, 0.25) is 0 Å². The van der Waals surface area contributed by atoms with Crippen molar-refractivity contribution in [3.05, 3.63) is 58.3 Å². The van der Waals surface area contributed by atoms with Gasteiger partial charge in [0, 0.05) is 0 Å². The molecule has 0 bridgehead atoms. The Morgan fingerprint density at radius 3 is 2.53 bits per heavy atom. The molecule has 0 aliphatic rings. The van der Waals surface area contributed by atoms with Crippen LogP contribution in [-0.2, 0) is 6.61 Å². The van der Waals surface area contributed by atoms with Crippen LogP contribution in [0, 0.1) is 5.82 Å². The molecule has 2 aromatic carbocycles. The number of ether oxygens (including phenoxy) is 1. The average Bonchev–Trinajstić information content (AvgIpc) is 2.35. The first-order chi connectivity index (χ1) is 8.18. The van der Waals surface area contributed by atoms with Gasteiger partial charge in [0.05, 0.1) is 4.47 Å². The van der Waals surface area contributed by atoms with Gasteiger partial charge in [0.2, 0.25) is 0 Å². The van der Waals surface area contributed by atoms with E-state index in [-0.39, 0.29) is 22.6 Å². The lowest BCUT2D eigenvalue weighted by atomic mass is 10.2. The lowest BCUT2D eigenvalue weighted by molar-refractivity contribution is 0.273. The minimum atomic E-state index is -0.596. The first kappa shape index (κ1) is 11.9. The molecule has 1 N–H and O–H groups in total. The molecular formula is C13H10BrFO2. The highest BCUT2D eigenvalue weighted by Gasteiger charge is 2.13. The Bertz CT molecular complexity index is 514. The maximum Gasteiger partial charge on any atom is 0.198 e. The molecule has 0 saturated heterocycles. The second-order valence-corrected chi connectivity index (χ2v) is 4.34. The van der Waals surface area contributed by atoms with Crippen molar-refractivity contribution in [2.45, 2.75) is 6.61 Å². The predicted octanol–water partition coefficient (Wildman–Crippen LogP) is 3.87. The number of rotatable bonds is 3. The van der Waals surface area contributed by atoms with Gasteiger partial charge in [0.25, 0.3) is 0 Å². The van der Waals surface area contributed by atoms with E-state index in [9.17, 15) is 9.50 Å². The first-order valence-electron chi connectivity index (χ1n) is 5.02. The molecule has 0 aliphatic heterocycles. The zero-order valence-corrected chi connectivity index (χ0v) is 10.4. The molecule has 0 spiro atoms. The molecule has 0 aliphatic carbocycles. The van der Waals surface area contributed by atoms with E-state index < -0.39 is 5.82 Å². The van der Waals surface area contributed by atoms with Crippen molar-refractivity contribution >= 4 is 15.9 Å². The third kappa shape index (κ3) is 2.77. The molecule has 0 heterocycles. The van der Waals surface area contributed by atoms with Gasteiger partial charge in [0.1, 0.15) is 6.61 Å². The van der Waals surface area contributed by atoms with Crippen LogP contribution in [-0.4, -0.2) is 5.11 Å². The molecule has 0 amide bonds. The van der Waals surface area contributed by atoms with E-state index >= 15 is 0 Å². The van der Waals surface area contributed by atoms with Crippen LogP contribution >= 0.6 is 15.9 Å². The van der Waals surface area contributed by atoms with Crippen LogP contribution in [0.4, 0.5) is 4.39 Å². The lowest BCUT2D eigenvalue weighted by Gasteiger charge is -2.09. The van der Waals surface area contributed by atoms with E-state index in [0.717, 1.165) is 5.56 Å². The standard InChI is InChI=1S/C13H10BrFO2/c14-10-6-7-11(16)13(12(10)15)17-8-9-4-2-1-3-5-9/h1-7,16H,8H2. The molecule has 0 aromatic heterocycles. The van der Waals surface area contributed by atoms with Crippen molar-refractivity contribution in [3.63, 3.8) is 0 Å². The first-order valence-corrected chi connectivity index (χ1v) is 5.81. The van der Waals surface area contributed by atoms with Crippen LogP contribution < -0.4 is 4.74 Å². The maximum atomic E-state index is 13.6. The van der Waals surface area contributed by atoms with Gasteiger partial charge in [-0.05, 0) is 33.6 Å². The summed E-state index contributed by atoms with van der Waals surface area (Å²) in [6, 6.07) is 12.2. The smallest absolute Gasteiger partial charge is 0.198 e. The van der Waals surface area contributed by atoms with Gasteiger partial charge in [-0.2, -0.15) is 0 Å². The lowest BCUT2D eigenvalue weighted by Crippen LogP contribution is -1.98. The summed E-state index contributed by atoms with van der Waals surface area (Å²) >= 11 is 3.04. The van der Waals surface area contributed by atoms with Crippen LogP contribution in [0.3, 0.4) is 0 Å². The Hall–Kier alpha value is -1.55. The minimum Gasteiger partial charge on any atom is -0.504 e. The van der Waals surface area contributed by atoms with Crippen LogP contribution in [0.15, 0.2) is 46.9 Å². The summed E-state index contributed by atoms with van der Waals surface area (Å²) in [5, 5.41) is 9.51. The number of hydrogen-bond donors (Lipinski definition) is 1. The molecule has 0 unspecified atom stereocenters. The van der Waals surface area contributed by atoms with Gasteiger partial charge >= 0.3 is 0 Å². The summed E-state index contributed by atoms with van der Waals surface area (Å²) in [5.41, 5.74) is 0.909. The van der Waals surface area contributed by atoms with Crippen molar-refractivity contribution in [2.75, 3.05) is 0 Å². The molecule has 0 atom stereocenters. The van der Waals surface area contributed by atoms with Crippen molar-refractivity contribution in [1.29, 1.82) is 0 Å². The molecule has 2 nitrogen and oxygen atoms in total. The molecule has 2 rings (SSSR count). The third-order valence-corrected chi connectivity index (χ3v) is 2.87. The second kappa shape index (κ2) is 5.19. The van der Waals surface area contributed by atoms with E-state index in [4.69, 9.17) is 4.74 Å². The summed E-state index contributed by atoms with van der Waals surface area (Å²) in [6.45, 7) is 0.210. The van der Waals surface area contributed by atoms with Crippen LogP contribution in [0.1, 0.15) is 5.56 Å². The maximum absolute atomic E-state index is 13.6. The van der Waals surface area contributed by atoms with Gasteiger partial charge in [-0.3, -0.25) is 0 Å². The topological polar surface area (TPSA) is 29.5 Å². The molecule has 2 aromatic rings. The highest BCUT2D eigenvalue weighted by atomic mass is 79.9. The Labute approximate surface area is 107 Å². The van der Waals surface area contributed by atoms with Gasteiger partial charge in [0.15, 0.2) is 17.3 Å². The quantitative estimate of drug-likeness (QED) is 0.931. The van der Waals surface area contributed by atoms with E-state index in [0.29, 0.717) is 0 Å². The fourth-order valence-electron chi connectivity index (χ4n) is 1.39. The van der Waals surface area contributed by atoms with Crippen molar-refractivity contribution in [1.82, 2.24) is 0 Å². The summed E-state index contributed by atoms with van der Waals surface area (Å²) in [6.07, 6.45) is 0. The summed E-state index contributed by atoms with van der Waals surface area (Å²) < 4.78 is 19.2. The monoisotopic (exact) mass is 296 g/mol. The van der Waals surface area contributed by atoms with Gasteiger partial charge in [-0.15, -0.1) is 0 Å². The van der Waals surface area contributed by atoms with Gasteiger partial charge < -0.3 is 9.84 Å². The Kier molecular flexibility index (Phi) is 3.64. The van der Waals surface area contributed by atoms with Crippen molar-refractivity contribution in [3.8, 4) is 11.5 Å². The van der Waals surface area contributed by atoms with Crippen LogP contribution in [0.5, 0.6) is 11.5 Å². The second-order valence-electron chi connectivity index (χ2n) is 3.48. The summed E-state index contributed by atoms with van der Waals surface area (Å²) in [7, 11) is 0. The zero-order valence-electron chi connectivity index (χ0n) is 8.86. The molecule has 0 radical (unpaired) electrons. The Balaban J connectivity index is 2.17. The number of benzene rings is 2.